The Kier molecular flexibility index (Phi) is 14.3. The van der Waals surface area contributed by atoms with Gasteiger partial charge in [-0.2, -0.15) is 0 Å². The van der Waals surface area contributed by atoms with Crippen molar-refractivity contribution in [2.45, 2.75) is 95.7 Å². The van der Waals surface area contributed by atoms with Crippen molar-refractivity contribution in [2.75, 3.05) is 21.1 Å². The van der Waals surface area contributed by atoms with Gasteiger partial charge in [0.1, 0.15) is 0 Å². The van der Waals surface area contributed by atoms with E-state index in [-0.39, 0.29) is 0 Å². The average Bonchev–Trinajstić information content (AvgIpc) is 2.57. The first kappa shape index (κ1) is 25.5. The van der Waals surface area contributed by atoms with E-state index in [4.69, 9.17) is 0 Å². The SMILES string of the molecule is C=CCCC=CCCCCCCCCCCC(CC)([P+](=O)[O-])[N+](C)(C)C. The predicted molar refractivity (Wildman–Crippen MR) is 113 cm³/mol. The summed E-state index contributed by atoms with van der Waals surface area (Å²) in [5.41, 5.74) is 0. The van der Waals surface area contributed by atoms with E-state index in [0.29, 0.717) is 10.9 Å². The molecule has 0 aromatic heterocycles. The fraction of sp³-hybridized carbons (Fsp3) is 0.818. The maximum absolute atomic E-state index is 11.9. The lowest BCUT2D eigenvalue weighted by Gasteiger charge is -2.39. The zero-order chi connectivity index (χ0) is 19.9. The van der Waals surface area contributed by atoms with Gasteiger partial charge < -0.3 is 4.89 Å². The number of unbranched alkanes of at least 4 members (excludes halogenated alkanes) is 9. The first-order valence-corrected chi connectivity index (χ1v) is 11.7. The zero-order valence-electron chi connectivity index (χ0n) is 17.8. The quantitative estimate of drug-likeness (QED) is 0.127. The van der Waals surface area contributed by atoms with E-state index in [1.165, 1.54) is 44.9 Å². The van der Waals surface area contributed by atoms with Crippen LogP contribution in [0, 0.1) is 0 Å². The molecule has 0 heterocycles. The lowest BCUT2D eigenvalue weighted by Crippen LogP contribution is -2.55. The Labute approximate surface area is 164 Å². The highest BCUT2D eigenvalue weighted by molar-refractivity contribution is 7.38. The molecule has 0 aliphatic heterocycles. The molecular formula is C22H43NO2P+. The van der Waals surface area contributed by atoms with E-state index < -0.39 is 13.3 Å². The number of allylic oxidation sites excluding steroid dienone is 3. The van der Waals surface area contributed by atoms with E-state index in [1.807, 2.05) is 34.1 Å². The monoisotopic (exact) mass is 384 g/mol. The standard InChI is InChI=1S/C22H43NO2P/c1-6-8-9-10-11-12-13-14-15-16-17-18-19-20-21-22(7-2,26(24)25)23(3,4)5/h6,10-11H,1,7-9,12-21H2,2-5H3/q+1. The van der Waals surface area contributed by atoms with Gasteiger partial charge in [0.25, 0.3) is 5.28 Å². The van der Waals surface area contributed by atoms with Gasteiger partial charge in [-0.3, -0.25) is 4.48 Å². The molecule has 2 unspecified atom stereocenters. The van der Waals surface area contributed by atoms with Crippen molar-refractivity contribution in [3.63, 3.8) is 0 Å². The molecule has 0 saturated heterocycles. The van der Waals surface area contributed by atoms with Crippen LogP contribution in [0.25, 0.3) is 0 Å². The molecule has 4 heteroatoms. The summed E-state index contributed by atoms with van der Waals surface area (Å²) in [6.45, 7) is 5.73. The zero-order valence-corrected chi connectivity index (χ0v) is 18.7. The minimum Gasteiger partial charge on any atom is -0.590 e. The van der Waals surface area contributed by atoms with Gasteiger partial charge in [0, 0.05) is 12.8 Å². The topological polar surface area (TPSA) is 40.1 Å². The highest BCUT2D eigenvalue weighted by Gasteiger charge is 2.52. The van der Waals surface area contributed by atoms with Crippen LogP contribution >= 0.6 is 8.03 Å². The van der Waals surface area contributed by atoms with Crippen LogP contribution in [0.3, 0.4) is 0 Å². The second-order valence-corrected chi connectivity index (χ2v) is 9.66. The summed E-state index contributed by atoms with van der Waals surface area (Å²) in [7, 11) is 3.59. The summed E-state index contributed by atoms with van der Waals surface area (Å²) in [4.78, 5) is 11.9. The first-order chi connectivity index (χ1) is 12.3. The molecule has 26 heavy (non-hydrogen) atoms. The molecule has 0 N–H and O–H groups in total. The maximum Gasteiger partial charge on any atom is 0.376 e. The van der Waals surface area contributed by atoms with Crippen LogP contribution < -0.4 is 4.89 Å². The number of quaternary nitrogens is 1. The number of hydrogen-bond donors (Lipinski definition) is 0. The van der Waals surface area contributed by atoms with Gasteiger partial charge in [-0.1, -0.05) is 68.2 Å². The fourth-order valence-electron chi connectivity index (χ4n) is 3.63. The Morgan fingerprint density at radius 2 is 1.38 bits per heavy atom. The molecule has 0 amide bonds. The molecular weight excluding hydrogens is 341 g/mol. The summed E-state index contributed by atoms with van der Waals surface area (Å²) in [6.07, 6.45) is 21.3. The molecule has 152 valence electrons. The van der Waals surface area contributed by atoms with Crippen molar-refractivity contribution >= 4 is 8.03 Å². The normalized spacial score (nSPS) is 15.2. The number of rotatable bonds is 17. The molecule has 0 aromatic carbocycles. The molecule has 0 saturated carbocycles. The van der Waals surface area contributed by atoms with Gasteiger partial charge in [-0.15, -0.1) is 6.58 Å². The Bertz CT molecular complexity index is 415. The second kappa shape index (κ2) is 14.5. The van der Waals surface area contributed by atoms with Crippen LogP contribution in [0.2, 0.25) is 0 Å². The molecule has 0 fully saturated rings. The van der Waals surface area contributed by atoms with Gasteiger partial charge in [-0.05, 0) is 32.1 Å². The van der Waals surface area contributed by atoms with E-state index in [2.05, 4.69) is 18.7 Å². The van der Waals surface area contributed by atoms with E-state index in [9.17, 15) is 9.46 Å². The molecule has 0 aliphatic rings. The van der Waals surface area contributed by atoms with Crippen LogP contribution in [0.15, 0.2) is 24.8 Å². The van der Waals surface area contributed by atoms with Gasteiger partial charge >= 0.3 is 8.03 Å². The van der Waals surface area contributed by atoms with Crippen molar-refractivity contribution in [3.05, 3.63) is 24.8 Å². The van der Waals surface area contributed by atoms with Crippen molar-refractivity contribution in [3.8, 4) is 0 Å². The van der Waals surface area contributed by atoms with E-state index in [1.54, 1.807) is 0 Å². The van der Waals surface area contributed by atoms with Crippen molar-refractivity contribution in [2.24, 2.45) is 0 Å². The van der Waals surface area contributed by atoms with Crippen LogP contribution in [-0.4, -0.2) is 30.9 Å². The Hall–Kier alpha value is -0.500. The average molecular weight is 385 g/mol. The van der Waals surface area contributed by atoms with Crippen molar-refractivity contribution in [1.29, 1.82) is 0 Å². The summed E-state index contributed by atoms with van der Waals surface area (Å²) >= 11 is 0. The first-order valence-electron chi connectivity index (χ1n) is 10.5. The van der Waals surface area contributed by atoms with Crippen LogP contribution in [0.4, 0.5) is 0 Å². The van der Waals surface area contributed by atoms with Crippen LogP contribution in [0.1, 0.15) is 90.4 Å². The van der Waals surface area contributed by atoms with Crippen molar-refractivity contribution in [1.82, 2.24) is 0 Å². The third-order valence-corrected chi connectivity index (χ3v) is 7.38. The Morgan fingerprint density at radius 3 is 1.85 bits per heavy atom. The largest absolute Gasteiger partial charge is 0.590 e. The molecule has 0 rings (SSSR count). The molecule has 0 aliphatic carbocycles. The van der Waals surface area contributed by atoms with Gasteiger partial charge in [-0.25, -0.2) is 0 Å². The van der Waals surface area contributed by atoms with Crippen LogP contribution in [-0.2, 0) is 4.57 Å². The highest BCUT2D eigenvalue weighted by atomic mass is 31.1. The minimum atomic E-state index is -2.42. The fourth-order valence-corrected chi connectivity index (χ4v) is 4.72. The third-order valence-electron chi connectivity index (χ3n) is 5.56. The van der Waals surface area contributed by atoms with E-state index in [0.717, 1.165) is 32.1 Å². The third kappa shape index (κ3) is 10.00. The van der Waals surface area contributed by atoms with Gasteiger partial charge in [0.15, 0.2) is 0 Å². The molecule has 3 nitrogen and oxygen atoms in total. The molecule has 0 radical (unpaired) electrons. The lowest BCUT2D eigenvalue weighted by molar-refractivity contribution is -0.910. The predicted octanol–water partition coefficient (Wildman–Crippen LogP) is 6.33. The number of nitrogens with zero attached hydrogens (tertiary/aromatic N) is 1. The van der Waals surface area contributed by atoms with Crippen molar-refractivity contribution < 1.29 is 13.9 Å². The van der Waals surface area contributed by atoms with Crippen LogP contribution in [0.5, 0.6) is 0 Å². The minimum absolute atomic E-state index is 0.504. The molecule has 2 atom stereocenters. The smallest absolute Gasteiger partial charge is 0.376 e. The Morgan fingerprint density at radius 1 is 0.885 bits per heavy atom. The lowest BCUT2D eigenvalue weighted by atomic mass is 10.0. The summed E-state index contributed by atoms with van der Waals surface area (Å²) in [5.74, 6) is 0. The molecule has 0 bridgehead atoms. The summed E-state index contributed by atoms with van der Waals surface area (Å²) in [6, 6.07) is 0. The maximum atomic E-state index is 11.9. The van der Waals surface area contributed by atoms with E-state index >= 15 is 0 Å². The van der Waals surface area contributed by atoms with Gasteiger partial charge in [0.2, 0.25) is 0 Å². The Balaban J connectivity index is 3.73. The summed E-state index contributed by atoms with van der Waals surface area (Å²) < 4.78 is 12.4. The highest BCUT2D eigenvalue weighted by Crippen LogP contribution is 2.44. The summed E-state index contributed by atoms with van der Waals surface area (Å²) in [5, 5.41) is -0.603. The van der Waals surface area contributed by atoms with Gasteiger partial charge in [0.05, 0.1) is 21.1 Å². The second-order valence-electron chi connectivity index (χ2n) is 8.31. The molecule has 0 aromatic rings. The molecule has 0 spiro atoms. The number of hydrogen-bond acceptors (Lipinski definition) is 2.